The highest BCUT2D eigenvalue weighted by molar-refractivity contribution is 5.38. The summed E-state index contributed by atoms with van der Waals surface area (Å²) in [4.78, 5) is 10.7. The van der Waals surface area contributed by atoms with Crippen molar-refractivity contribution in [2.45, 2.75) is 32.2 Å². The van der Waals surface area contributed by atoms with Crippen LogP contribution in [0.3, 0.4) is 0 Å². The Balaban J connectivity index is 2.14. The predicted octanol–water partition coefficient (Wildman–Crippen LogP) is 1.77. The van der Waals surface area contributed by atoms with Gasteiger partial charge in [-0.05, 0) is 32.3 Å². The van der Waals surface area contributed by atoms with Crippen molar-refractivity contribution in [1.29, 1.82) is 0 Å². The molecule has 1 aromatic heterocycles. The molecule has 0 spiro atoms. The minimum Gasteiger partial charge on any atom is -0.357 e. The van der Waals surface area contributed by atoms with Crippen molar-refractivity contribution in [2.24, 2.45) is 0 Å². The first-order chi connectivity index (χ1) is 6.27. The van der Waals surface area contributed by atoms with Crippen LogP contribution in [0.2, 0.25) is 0 Å². The molecule has 1 aliphatic rings. The number of hydrogen-bond donors (Lipinski definition) is 0. The fraction of sp³-hybridized carbons (Fsp3) is 0.600. The van der Waals surface area contributed by atoms with Gasteiger partial charge in [0.2, 0.25) is 0 Å². The molecule has 0 aromatic carbocycles. The van der Waals surface area contributed by atoms with Crippen LogP contribution in [0.1, 0.15) is 25.1 Å². The Morgan fingerprint density at radius 2 is 2.23 bits per heavy atom. The summed E-state index contributed by atoms with van der Waals surface area (Å²) in [5.41, 5.74) is 0. The normalized spacial score (nSPS) is 16.8. The average molecular weight is 177 g/mol. The Bertz CT molecular complexity index is 294. The van der Waals surface area contributed by atoms with Crippen LogP contribution in [0.15, 0.2) is 12.3 Å². The summed E-state index contributed by atoms with van der Waals surface area (Å²) in [6.07, 6.45) is 5.80. The second-order valence-electron chi connectivity index (χ2n) is 3.66. The fourth-order valence-electron chi connectivity index (χ4n) is 1.60. The largest absolute Gasteiger partial charge is 0.357 e. The quantitative estimate of drug-likeness (QED) is 0.689. The van der Waals surface area contributed by atoms with Crippen LogP contribution in [0.5, 0.6) is 0 Å². The molecule has 0 atom stereocenters. The zero-order valence-electron chi connectivity index (χ0n) is 8.20. The molecule has 0 saturated heterocycles. The molecule has 0 aliphatic heterocycles. The second-order valence-corrected chi connectivity index (χ2v) is 3.66. The van der Waals surface area contributed by atoms with E-state index in [2.05, 4.69) is 21.9 Å². The summed E-state index contributed by atoms with van der Waals surface area (Å²) in [5.74, 6) is 1.90. The Morgan fingerprint density at radius 3 is 2.77 bits per heavy atom. The van der Waals surface area contributed by atoms with E-state index in [1.165, 1.54) is 19.3 Å². The van der Waals surface area contributed by atoms with Gasteiger partial charge in [-0.3, -0.25) is 0 Å². The van der Waals surface area contributed by atoms with E-state index in [9.17, 15) is 0 Å². The molecule has 3 heteroatoms. The van der Waals surface area contributed by atoms with Crippen molar-refractivity contribution in [2.75, 3.05) is 11.9 Å². The summed E-state index contributed by atoms with van der Waals surface area (Å²) >= 11 is 0. The summed E-state index contributed by atoms with van der Waals surface area (Å²) in [6.45, 7) is 1.93. The van der Waals surface area contributed by atoms with Gasteiger partial charge in [0, 0.05) is 19.3 Å². The lowest BCUT2D eigenvalue weighted by atomic mass is 9.92. The number of rotatable bonds is 2. The monoisotopic (exact) mass is 177 g/mol. The zero-order chi connectivity index (χ0) is 9.26. The molecule has 2 rings (SSSR count). The third kappa shape index (κ3) is 1.64. The van der Waals surface area contributed by atoms with E-state index in [0.717, 1.165) is 11.6 Å². The van der Waals surface area contributed by atoms with Crippen LogP contribution >= 0.6 is 0 Å². The van der Waals surface area contributed by atoms with Gasteiger partial charge in [0.15, 0.2) is 0 Å². The molecule has 0 unspecified atom stereocenters. The Labute approximate surface area is 78.8 Å². The molecule has 0 amide bonds. The van der Waals surface area contributed by atoms with Crippen LogP contribution in [0.25, 0.3) is 0 Å². The molecular formula is C10H15N3. The molecule has 13 heavy (non-hydrogen) atoms. The lowest BCUT2D eigenvalue weighted by Gasteiger charge is -2.35. The highest BCUT2D eigenvalue weighted by Crippen LogP contribution is 2.26. The van der Waals surface area contributed by atoms with Gasteiger partial charge in [0.05, 0.1) is 0 Å². The molecule has 1 saturated carbocycles. The molecule has 1 fully saturated rings. The van der Waals surface area contributed by atoms with E-state index in [1.807, 2.05) is 19.2 Å². The first-order valence-electron chi connectivity index (χ1n) is 4.80. The first-order valence-corrected chi connectivity index (χ1v) is 4.80. The third-order valence-corrected chi connectivity index (χ3v) is 2.75. The summed E-state index contributed by atoms with van der Waals surface area (Å²) in [5, 5.41) is 0. The minimum absolute atomic E-state index is 0.703. The van der Waals surface area contributed by atoms with Crippen LogP contribution in [-0.2, 0) is 0 Å². The maximum atomic E-state index is 4.39. The molecule has 0 radical (unpaired) electrons. The zero-order valence-corrected chi connectivity index (χ0v) is 8.20. The predicted molar refractivity (Wildman–Crippen MR) is 52.8 cm³/mol. The topological polar surface area (TPSA) is 29.0 Å². The number of aryl methyl sites for hydroxylation is 1. The highest BCUT2D eigenvalue weighted by atomic mass is 15.2. The van der Waals surface area contributed by atoms with E-state index in [0.29, 0.717) is 6.04 Å². The van der Waals surface area contributed by atoms with Crippen molar-refractivity contribution in [3.63, 3.8) is 0 Å². The molecule has 1 aromatic rings. The van der Waals surface area contributed by atoms with Gasteiger partial charge >= 0.3 is 0 Å². The minimum atomic E-state index is 0.703. The molecule has 1 heterocycles. The van der Waals surface area contributed by atoms with Crippen molar-refractivity contribution in [1.82, 2.24) is 9.97 Å². The Kier molecular flexibility index (Phi) is 2.17. The molecule has 70 valence electrons. The molecular weight excluding hydrogens is 162 g/mol. The van der Waals surface area contributed by atoms with Gasteiger partial charge in [-0.1, -0.05) is 0 Å². The second kappa shape index (κ2) is 3.32. The molecule has 0 N–H and O–H groups in total. The van der Waals surface area contributed by atoms with Crippen LogP contribution in [0.4, 0.5) is 5.82 Å². The van der Waals surface area contributed by atoms with E-state index in [-0.39, 0.29) is 0 Å². The third-order valence-electron chi connectivity index (χ3n) is 2.75. The SMILES string of the molecule is Cc1nccc(N(C)C2CCC2)n1. The lowest BCUT2D eigenvalue weighted by molar-refractivity contribution is 0.399. The molecule has 0 bridgehead atoms. The van der Waals surface area contributed by atoms with Crippen LogP contribution in [-0.4, -0.2) is 23.1 Å². The van der Waals surface area contributed by atoms with Crippen molar-refractivity contribution < 1.29 is 0 Å². The van der Waals surface area contributed by atoms with Crippen LogP contribution in [0, 0.1) is 6.92 Å². The van der Waals surface area contributed by atoms with Crippen molar-refractivity contribution >= 4 is 5.82 Å². The number of hydrogen-bond acceptors (Lipinski definition) is 3. The Hall–Kier alpha value is -1.12. The van der Waals surface area contributed by atoms with Gasteiger partial charge < -0.3 is 4.90 Å². The average Bonchev–Trinajstić information content (AvgIpc) is 2.01. The summed E-state index contributed by atoms with van der Waals surface area (Å²) in [6, 6.07) is 2.68. The maximum Gasteiger partial charge on any atom is 0.132 e. The van der Waals surface area contributed by atoms with Crippen molar-refractivity contribution in [3.05, 3.63) is 18.1 Å². The van der Waals surface area contributed by atoms with Gasteiger partial charge in [-0.15, -0.1) is 0 Å². The maximum absolute atomic E-state index is 4.39. The lowest BCUT2D eigenvalue weighted by Crippen LogP contribution is -2.37. The van der Waals surface area contributed by atoms with Gasteiger partial charge in [-0.2, -0.15) is 0 Å². The van der Waals surface area contributed by atoms with Gasteiger partial charge in [-0.25, -0.2) is 9.97 Å². The summed E-state index contributed by atoms with van der Waals surface area (Å²) in [7, 11) is 2.12. The van der Waals surface area contributed by atoms with E-state index in [1.54, 1.807) is 0 Å². The number of nitrogens with zero attached hydrogens (tertiary/aromatic N) is 3. The van der Waals surface area contributed by atoms with Gasteiger partial charge in [0.1, 0.15) is 11.6 Å². The molecule has 1 aliphatic carbocycles. The standard InChI is InChI=1S/C10H15N3/c1-8-11-7-6-10(12-8)13(2)9-4-3-5-9/h6-7,9H,3-5H2,1-2H3. The first kappa shape index (κ1) is 8.48. The smallest absolute Gasteiger partial charge is 0.132 e. The van der Waals surface area contributed by atoms with E-state index in [4.69, 9.17) is 0 Å². The molecule has 3 nitrogen and oxygen atoms in total. The van der Waals surface area contributed by atoms with Crippen LogP contribution < -0.4 is 4.90 Å². The van der Waals surface area contributed by atoms with E-state index >= 15 is 0 Å². The van der Waals surface area contributed by atoms with Gasteiger partial charge in [0.25, 0.3) is 0 Å². The number of aromatic nitrogens is 2. The van der Waals surface area contributed by atoms with Crippen molar-refractivity contribution in [3.8, 4) is 0 Å². The van der Waals surface area contributed by atoms with E-state index < -0.39 is 0 Å². The highest BCUT2D eigenvalue weighted by Gasteiger charge is 2.22. The Morgan fingerprint density at radius 1 is 1.46 bits per heavy atom. The number of anilines is 1. The summed E-state index contributed by atoms with van der Waals surface area (Å²) < 4.78 is 0. The fourth-order valence-corrected chi connectivity index (χ4v) is 1.60.